The zero-order valence-electron chi connectivity index (χ0n) is 14.1. The fraction of sp³-hybridized carbons (Fsp3) is 0.158. The maximum absolute atomic E-state index is 12.3. The Morgan fingerprint density at radius 3 is 2.19 bits per heavy atom. The largest absolute Gasteiger partial charge is 0.332 e. The minimum absolute atomic E-state index is 0.00512. The highest BCUT2D eigenvalue weighted by atomic mass is 32.1. The second kappa shape index (κ2) is 7.45. The molecule has 0 radical (unpaired) electrons. The molecule has 0 spiro atoms. The van der Waals surface area contributed by atoms with E-state index in [4.69, 9.17) is 12.2 Å². The number of benzene rings is 2. The monoisotopic (exact) mass is 367 g/mol. The molecule has 0 aromatic heterocycles. The fourth-order valence-electron chi connectivity index (χ4n) is 2.71. The Hall–Kier alpha value is -3.06. The number of thiocarbonyl (C=S) groups is 1. The maximum Gasteiger partial charge on any atom is 0.261 e. The van der Waals surface area contributed by atoms with Crippen LogP contribution in [0.15, 0.2) is 48.5 Å². The summed E-state index contributed by atoms with van der Waals surface area (Å²) in [5, 5.41) is 5.69. The summed E-state index contributed by atoms with van der Waals surface area (Å²) in [5.74, 6) is -1.12. The van der Waals surface area contributed by atoms with E-state index in [2.05, 4.69) is 10.6 Å². The topological polar surface area (TPSA) is 78.5 Å². The number of fused-ring (bicyclic) bond motifs is 1. The molecule has 3 rings (SSSR count). The van der Waals surface area contributed by atoms with E-state index in [1.165, 1.54) is 0 Å². The van der Waals surface area contributed by atoms with E-state index < -0.39 is 0 Å². The van der Waals surface area contributed by atoms with Gasteiger partial charge in [-0.2, -0.15) is 0 Å². The molecule has 1 heterocycles. The molecule has 1 aliphatic rings. The van der Waals surface area contributed by atoms with Crippen molar-refractivity contribution in [3.63, 3.8) is 0 Å². The van der Waals surface area contributed by atoms with E-state index >= 15 is 0 Å². The number of hydrogen-bond donors (Lipinski definition) is 2. The number of aryl methyl sites for hydroxylation is 1. The molecule has 2 aromatic rings. The van der Waals surface area contributed by atoms with Crippen LogP contribution in [0.2, 0.25) is 0 Å². The summed E-state index contributed by atoms with van der Waals surface area (Å²) in [5.41, 5.74) is 2.54. The molecule has 0 unspecified atom stereocenters. The van der Waals surface area contributed by atoms with Gasteiger partial charge in [0.1, 0.15) is 0 Å². The van der Waals surface area contributed by atoms with Crippen molar-refractivity contribution in [3.05, 3.63) is 65.2 Å². The Morgan fingerprint density at radius 1 is 1.00 bits per heavy atom. The van der Waals surface area contributed by atoms with E-state index in [0.29, 0.717) is 11.1 Å². The van der Waals surface area contributed by atoms with Gasteiger partial charge in [-0.1, -0.05) is 30.3 Å². The van der Waals surface area contributed by atoms with Crippen molar-refractivity contribution in [3.8, 4) is 0 Å². The van der Waals surface area contributed by atoms with Crippen molar-refractivity contribution >= 4 is 40.7 Å². The Bertz CT molecular complexity index is 875. The highest BCUT2D eigenvalue weighted by Gasteiger charge is 2.34. The van der Waals surface area contributed by atoms with Crippen LogP contribution in [0.4, 0.5) is 5.69 Å². The lowest BCUT2D eigenvalue weighted by Crippen LogP contribution is -2.38. The third-order valence-electron chi connectivity index (χ3n) is 4.09. The number of anilines is 1. The van der Waals surface area contributed by atoms with Crippen LogP contribution < -0.4 is 10.6 Å². The molecule has 0 atom stereocenters. The summed E-state index contributed by atoms with van der Waals surface area (Å²) < 4.78 is 0. The number of nitrogens with zero attached hydrogens (tertiary/aromatic N) is 1. The molecule has 0 bridgehead atoms. The Morgan fingerprint density at radius 2 is 1.58 bits per heavy atom. The number of amides is 3. The lowest BCUT2D eigenvalue weighted by atomic mass is 10.1. The van der Waals surface area contributed by atoms with Crippen LogP contribution in [0.1, 0.15) is 32.7 Å². The summed E-state index contributed by atoms with van der Waals surface area (Å²) in [6.45, 7) is 1.93. The summed E-state index contributed by atoms with van der Waals surface area (Å²) in [7, 11) is 0. The van der Waals surface area contributed by atoms with Crippen LogP contribution in [0.25, 0.3) is 0 Å². The first kappa shape index (κ1) is 17.8. The number of nitrogens with one attached hydrogen (secondary N) is 2. The quantitative estimate of drug-likeness (QED) is 0.641. The summed E-state index contributed by atoms with van der Waals surface area (Å²) in [6.07, 6.45) is -0.0267. The van der Waals surface area contributed by atoms with E-state index in [1.54, 1.807) is 24.3 Å². The molecule has 0 aliphatic carbocycles. The molecule has 0 fully saturated rings. The molecule has 1 aliphatic heterocycles. The van der Waals surface area contributed by atoms with E-state index in [1.807, 2.05) is 31.2 Å². The lowest BCUT2D eigenvalue weighted by Gasteiger charge is -2.14. The molecular formula is C19H17N3O3S. The predicted octanol–water partition coefficient (Wildman–Crippen LogP) is 2.49. The molecule has 132 valence electrons. The Kier molecular flexibility index (Phi) is 5.09. The van der Waals surface area contributed by atoms with Gasteiger partial charge in [-0.25, -0.2) is 0 Å². The SMILES string of the molecule is Cc1ccccc1NC(=S)NC(=O)CCN1C(=O)c2ccccc2C1=O. The molecule has 0 saturated heterocycles. The molecule has 2 aromatic carbocycles. The van der Waals surface area contributed by atoms with Crippen molar-refractivity contribution in [2.24, 2.45) is 0 Å². The highest BCUT2D eigenvalue weighted by molar-refractivity contribution is 7.80. The van der Waals surface area contributed by atoms with Gasteiger partial charge >= 0.3 is 0 Å². The molecule has 3 amide bonds. The van der Waals surface area contributed by atoms with Gasteiger partial charge in [-0.3, -0.25) is 19.3 Å². The van der Waals surface area contributed by atoms with Crippen molar-refractivity contribution in [1.29, 1.82) is 0 Å². The number of rotatable bonds is 4. The van der Waals surface area contributed by atoms with Crippen molar-refractivity contribution in [2.45, 2.75) is 13.3 Å². The Balaban J connectivity index is 1.53. The number of para-hydroxylation sites is 1. The van der Waals surface area contributed by atoms with Crippen LogP contribution in [0, 0.1) is 6.92 Å². The van der Waals surface area contributed by atoms with Gasteiger partial charge in [-0.15, -0.1) is 0 Å². The summed E-state index contributed by atoms with van der Waals surface area (Å²) >= 11 is 5.13. The van der Waals surface area contributed by atoms with Crippen LogP contribution in [0.3, 0.4) is 0 Å². The van der Waals surface area contributed by atoms with Crippen LogP contribution in [0.5, 0.6) is 0 Å². The molecular weight excluding hydrogens is 350 g/mol. The number of imide groups is 1. The second-order valence-electron chi connectivity index (χ2n) is 5.87. The fourth-order valence-corrected chi connectivity index (χ4v) is 2.94. The van der Waals surface area contributed by atoms with Gasteiger partial charge in [-0.05, 0) is 42.9 Å². The van der Waals surface area contributed by atoms with Crippen molar-refractivity contribution in [1.82, 2.24) is 10.2 Å². The number of carbonyl (C=O) groups excluding carboxylic acids is 3. The van der Waals surface area contributed by atoms with Crippen LogP contribution in [-0.2, 0) is 4.79 Å². The van der Waals surface area contributed by atoms with Gasteiger partial charge in [0.2, 0.25) is 5.91 Å². The molecule has 0 saturated carbocycles. The third-order valence-corrected chi connectivity index (χ3v) is 4.29. The standard InChI is InChI=1S/C19H17N3O3S/c1-12-6-2-5-9-15(12)20-19(26)21-16(23)10-11-22-17(24)13-7-3-4-8-14(13)18(22)25/h2-9H,10-11H2,1H3,(H2,20,21,23,26). The van der Waals surface area contributed by atoms with Gasteiger partial charge in [0.15, 0.2) is 5.11 Å². The average Bonchev–Trinajstić information content (AvgIpc) is 2.86. The predicted molar refractivity (Wildman–Crippen MR) is 102 cm³/mol. The van der Waals surface area contributed by atoms with Gasteiger partial charge in [0, 0.05) is 18.7 Å². The molecule has 6 nitrogen and oxygen atoms in total. The number of carbonyl (C=O) groups is 3. The summed E-state index contributed by atoms with van der Waals surface area (Å²) in [6, 6.07) is 14.2. The molecule has 7 heteroatoms. The minimum atomic E-state index is -0.376. The van der Waals surface area contributed by atoms with Gasteiger partial charge < -0.3 is 10.6 Å². The smallest absolute Gasteiger partial charge is 0.261 e. The lowest BCUT2D eigenvalue weighted by molar-refractivity contribution is -0.119. The average molecular weight is 367 g/mol. The normalized spacial score (nSPS) is 12.7. The second-order valence-corrected chi connectivity index (χ2v) is 6.28. The van der Waals surface area contributed by atoms with Gasteiger partial charge in [0.25, 0.3) is 11.8 Å². The van der Waals surface area contributed by atoms with E-state index in [0.717, 1.165) is 16.2 Å². The molecule has 26 heavy (non-hydrogen) atoms. The molecule has 2 N–H and O–H groups in total. The van der Waals surface area contributed by atoms with E-state index in [9.17, 15) is 14.4 Å². The van der Waals surface area contributed by atoms with Crippen molar-refractivity contribution in [2.75, 3.05) is 11.9 Å². The number of hydrogen-bond acceptors (Lipinski definition) is 4. The van der Waals surface area contributed by atoms with Gasteiger partial charge in [0.05, 0.1) is 11.1 Å². The van der Waals surface area contributed by atoms with Crippen LogP contribution >= 0.6 is 12.2 Å². The first-order valence-electron chi connectivity index (χ1n) is 8.09. The zero-order chi connectivity index (χ0) is 18.7. The first-order valence-corrected chi connectivity index (χ1v) is 8.50. The van der Waals surface area contributed by atoms with Crippen LogP contribution in [-0.4, -0.2) is 34.3 Å². The Labute approximate surface area is 156 Å². The highest BCUT2D eigenvalue weighted by Crippen LogP contribution is 2.22. The van der Waals surface area contributed by atoms with E-state index in [-0.39, 0.29) is 35.8 Å². The first-order chi connectivity index (χ1) is 12.5. The minimum Gasteiger partial charge on any atom is -0.332 e. The van der Waals surface area contributed by atoms with Crippen molar-refractivity contribution < 1.29 is 14.4 Å². The zero-order valence-corrected chi connectivity index (χ0v) is 14.9. The third kappa shape index (κ3) is 3.62. The maximum atomic E-state index is 12.3. The summed E-state index contributed by atoms with van der Waals surface area (Å²) in [4.78, 5) is 37.7.